The molecular weight excluding hydrogens is 160 g/mol. The van der Waals surface area contributed by atoms with Crippen LogP contribution >= 0.6 is 0 Å². The Morgan fingerprint density at radius 1 is 1.00 bits per heavy atom. The van der Waals surface area contributed by atoms with Crippen molar-refractivity contribution in [3.8, 4) is 0 Å². The molecule has 0 N–H and O–H groups in total. The third kappa shape index (κ3) is 2.07. The second-order valence-electron chi connectivity index (χ2n) is 6.11. The van der Waals surface area contributed by atoms with Crippen LogP contribution in [0.15, 0.2) is 0 Å². The molecule has 0 saturated heterocycles. The topological polar surface area (TPSA) is 9.23 Å². The van der Waals surface area contributed by atoms with Crippen molar-refractivity contribution in [2.75, 3.05) is 7.11 Å². The largest absolute Gasteiger partial charge is 0.380 e. The maximum absolute atomic E-state index is 5.67. The van der Waals surface area contributed by atoms with Crippen molar-refractivity contribution in [3.05, 3.63) is 0 Å². The van der Waals surface area contributed by atoms with E-state index in [1.165, 1.54) is 12.8 Å². The molecule has 0 bridgehead atoms. The minimum atomic E-state index is 0.329. The summed E-state index contributed by atoms with van der Waals surface area (Å²) < 4.78 is 5.67. The average molecular weight is 184 g/mol. The molecule has 0 aromatic carbocycles. The predicted molar refractivity (Wildman–Crippen MR) is 56.8 cm³/mol. The van der Waals surface area contributed by atoms with Gasteiger partial charge in [0.15, 0.2) is 0 Å². The Kier molecular flexibility index (Phi) is 2.78. The average Bonchev–Trinajstić information content (AvgIpc) is 1.79. The normalized spacial score (nSPS) is 37.4. The van der Waals surface area contributed by atoms with Crippen LogP contribution in [0.1, 0.15) is 47.5 Å². The van der Waals surface area contributed by atoms with Gasteiger partial charge in [-0.15, -0.1) is 0 Å². The number of hydrogen-bond donors (Lipinski definition) is 0. The maximum Gasteiger partial charge on any atom is 0.0673 e. The van der Waals surface area contributed by atoms with Crippen LogP contribution in [-0.2, 0) is 4.74 Å². The first kappa shape index (κ1) is 11.0. The number of hydrogen-bond acceptors (Lipinski definition) is 1. The molecule has 0 atom stereocenters. The lowest BCUT2D eigenvalue weighted by Crippen LogP contribution is -2.48. The van der Waals surface area contributed by atoms with Crippen LogP contribution in [0.4, 0.5) is 0 Å². The quantitative estimate of drug-likeness (QED) is 0.606. The highest BCUT2D eigenvalue weighted by Crippen LogP contribution is 2.49. The zero-order valence-electron chi connectivity index (χ0n) is 9.98. The van der Waals surface area contributed by atoms with Crippen molar-refractivity contribution in [2.24, 2.45) is 16.7 Å². The molecule has 1 saturated carbocycles. The fourth-order valence-corrected chi connectivity index (χ4v) is 3.78. The van der Waals surface area contributed by atoms with Crippen molar-refractivity contribution in [3.63, 3.8) is 0 Å². The molecule has 0 aromatic heterocycles. The van der Waals surface area contributed by atoms with E-state index in [0.717, 1.165) is 5.92 Å². The minimum absolute atomic E-state index is 0.329. The van der Waals surface area contributed by atoms with Crippen LogP contribution in [0, 0.1) is 16.7 Å². The number of rotatable bonds is 1. The summed E-state index contributed by atoms with van der Waals surface area (Å²) in [6.45, 7) is 11.7. The fraction of sp³-hybridized carbons (Fsp3) is 1.00. The lowest BCUT2D eigenvalue weighted by molar-refractivity contribution is -0.114. The Balaban J connectivity index is 2.88. The molecule has 0 spiro atoms. The van der Waals surface area contributed by atoms with Crippen LogP contribution in [0.3, 0.4) is 0 Å². The van der Waals surface area contributed by atoms with E-state index in [9.17, 15) is 0 Å². The van der Waals surface area contributed by atoms with Crippen molar-refractivity contribution in [1.29, 1.82) is 0 Å². The van der Waals surface area contributed by atoms with E-state index < -0.39 is 0 Å². The Labute approximate surface area is 82.9 Å². The van der Waals surface area contributed by atoms with Crippen LogP contribution in [-0.4, -0.2) is 13.2 Å². The van der Waals surface area contributed by atoms with E-state index in [4.69, 9.17) is 4.74 Å². The summed E-state index contributed by atoms with van der Waals surface area (Å²) in [5.74, 6) is 0.830. The highest BCUT2D eigenvalue weighted by atomic mass is 16.5. The lowest BCUT2D eigenvalue weighted by atomic mass is 9.59. The summed E-state index contributed by atoms with van der Waals surface area (Å²) >= 11 is 0. The Morgan fingerprint density at radius 2 is 1.38 bits per heavy atom. The molecule has 0 heterocycles. The van der Waals surface area contributed by atoms with Gasteiger partial charge in [0, 0.05) is 7.11 Å². The summed E-state index contributed by atoms with van der Waals surface area (Å²) in [6.07, 6.45) is 2.97. The van der Waals surface area contributed by atoms with E-state index in [1.807, 2.05) is 7.11 Å². The zero-order valence-corrected chi connectivity index (χ0v) is 9.98. The second kappa shape index (κ2) is 3.27. The van der Waals surface area contributed by atoms with Gasteiger partial charge >= 0.3 is 0 Å². The van der Waals surface area contributed by atoms with E-state index in [-0.39, 0.29) is 0 Å². The molecule has 1 aliphatic carbocycles. The van der Waals surface area contributed by atoms with E-state index in [1.54, 1.807) is 0 Å². The Bertz CT molecular complexity index is 164. The standard InChI is InChI=1S/C12H24O/c1-9-7-11(2,3)10(13-6)12(4,5)8-9/h9-10H,7-8H2,1-6H3. The van der Waals surface area contributed by atoms with Gasteiger partial charge in [-0.3, -0.25) is 0 Å². The molecule has 0 radical (unpaired) electrons. The molecule has 1 nitrogen and oxygen atoms in total. The molecule has 1 heteroatoms. The maximum atomic E-state index is 5.67. The molecule has 0 unspecified atom stereocenters. The van der Waals surface area contributed by atoms with Crippen molar-refractivity contribution in [1.82, 2.24) is 0 Å². The highest BCUT2D eigenvalue weighted by Gasteiger charge is 2.46. The zero-order chi connectivity index (χ0) is 10.3. The summed E-state index contributed by atoms with van der Waals surface area (Å²) in [5, 5.41) is 0. The first-order valence-electron chi connectivity index (χ1n) is 5.32. The van der Waals surface area contributed by atoms with E-state index >= 15 is 0 Å². The number of methoxy groups -OCH3 is 1. The molecule has 1 aliphatic rings. The van der Waals surface area contributed by atoms with E-state index in [2.05, 4.69) is 34.6 Å². The first-order valence-corrected chi connectivity index (χ1v) is 5.32. The van der Waals surface area contributed by atoms with Crippen LogP contribution < -0.4 is 0 Å². The monoisotopic (exact) mass is 184 g/mol. The molecule has 0 aliphatic heterocycles. The van der Waals surface area contributed by atoms with Gasteiger partial charge in [0.05, 0.1) is 6.10 Å². The van der Waals surface area contributed by atoms with Gasteiger partial charge in [-0.05, 0) is 29.6 Å². The van der Waals surface area contributed by atoms with Crippen molar-refractivity contribution in [2.45, 2.75) is 53.6 Å². The van der Waals surface area contributed by atoms with E-state index in [0.29, 0.717) is 16.9 Å². The molecule has 1 fully saturated rings. The van der Waals surface area contributed by atoms with Crippen molar-refractivity contribution >= 4 is 0 Å². The predicted octanol–water partition coefficient (Wildman–Crippen LogP) is 3.48. The summed E-state index contributed by atoms with van der Waals surface area (Å²) in [5.41, 5.74) is 0.659. The van der Waals surface area contributed by atoms with Gasteiger partial charge < -0.3 is 4.74 Å². The molecule has 13 heavy (non-hydrogen) atoms. The van der Waals surface area contributed by atoms with Gasteiger partial charge in [0.25, 0.3) is 0 Å². The second-order valence-corrected chi connectivity index (χ2v) is 6.11. The number of ether oxygens (including phenoxy) is 1. The Hall–Kier alpha value is -0.0400. The summed E-state index contributed by atoms with van der Waals surface area (Å²) in [4.78, 5) is 0. The molecule has 1 rings (SSSR count). The molecule has 0 aromatic rings. The van der Waals surface area contributed by atoms with Gasteiger partial charge in [0.1, 0.15) is 0 Å². The smallest absolute Gasteiger partial charge is 0.0673 e. The highest BCUT2D eigenvalue weighted by molar-refractivity contribution is 4.96. The first-order chi connectivity index (χ1) is 5.79. The van der Waals surface area contributed by atoms with Gasteiger partial charge in [-0.2, -0.15) is 0 Å². The third-order valence-electron chi connectivity index (χ3n) is 3.40. The molecule has 78 valence electrons. The van der Waals surface area contributed by atoms with Gasteiger partial charge in [-0.1, -0.05) is 34.6 Å². The van der Waals surface area contributed by atoms with Gasteiger partial charge in [0.2, 0.25) is 0 Å². The van der Waals surface area contributed by atoms with Crippen LogP contribution in [0.2, 0.25) is 0 Å². The van der Waals surface area contributed by atoms with Crippen LogP contribution in [0.25, 0.3) is 0 Å². The Morgan fingerprint density at radius 3 is 1.69 bits per heavy atom. The third-order valence-corrected chi connectivity index (χ3v) is 3.40. The fourth-order valence-electron chi connectivity index (χ4n) is 3.78. The molecule has 0 amide bonds. The van der Waals surface area contributed by atoms with Gasteiger partial charge in [-0.25, -0.2) is 0 Å². The summed E-state index contributed by atoms with van der Waals surface area (Å²) in [7, 11) is 1.85. The molecular formula is C12H24O. The van der Waals surface area contributed by atoms with Crippen LogP contribution in [0.5, 0.6) is 0 Å². The summed E-state index contributed by atoms with van der Waals surface area (Å²) in [6, 6.07) is 0. The lowest BCUT2D eigenvalue weighted by Gasteiger charge is -2.50. The van der Waals surface area contributed by atoms with Crippen molar-refractivity contribution < 1.29 is 4.74 Å². The minimum Gasteiger partial charge on any atom is -0.380 e. The SMILES string of the molecule is COC1C(C)(C)CC(C)CC1(C)C.